The maximum atomic E-state index is 12.2. The van der Waals surface area contributed by atoms with Gasteiger partial charge in [0, 0.05) is 11.3 Å². The highest BCUT2D eigenvalue weighted by Crippen LogP contribution is 2.25. The lowest BCUT2D eigenvalue weighted by Crippen LogP contribution is -2.29. The molecule has 0 spiro atoms. The number of methoxy groups -OCH3 is 1. The van der Waals surface area contributed by atoms with Crippen molar-refractivity contribution < 1.29 is 14.1 Å². The zero-order chi connectivity index (χ0) is 20.1. The molecule has 0 unspecified atom stereocenters. The van der Waals surface area contributed by atoms with Gasteiger partial charge in [0.1, 0.15) is 5.75 Å². The lowest BCUT2D eigenvalue weighted by Gasteiger charge is -2.14. The van der Waals surface area contributed by atoms with Gasteiger partial charge in [-0.1, -0.05) is 28.4 Å². The highest BCUT2D eigenvalue weighted by atomic mass is 35.5. The second-order valence-electron chi connectivity index (χ2n) is 6.09. The average molecular weight is 421 g/mol. The van der Waals surface area contributed by atoms with Crippen LogP contribution in [0.1, 0.15) is 5.89 Å². The molecule has 7 nitrogen and oxygen atoms in total. The van der Waals surface area contributed by atoms with Gasteiger partial charge in [0.25, 0.3) is 0 Å². The number of nitrogens with one attached hydrogen (secondary N) is 1. The molecule has 0 radical (unpaired) electrons. The molecular formula is C19H18Cl2N4O3. The third-order valence-corrected chi connectivity index (χ3v) is 4.58. The number of anilines is 1. The summed E-state index contributed by atoms with van der Waals surface area (Å²) < 4.78 is 10.4. The Kier molecular flexibility index (Phi) is 6.51. The van der Waals surface area contributed by atoms with Crippen LogP contribution in [-0.4, -0.2) is 41.6 Å². The Morgan fingerprint density at radius 1 is 1.18 bits per heavy atom. The molecular weight excluding hydrogens is 403 g/mol. The summed E-state index contributed by atoms with van der Waals surface area (Å²) in [6, 6.07) is 12.3. The minimum atomic E-state index is -0.198. The summed E-state index contributed by atoms with van der Waals surface area (Å²) in [4.78, 5) is 18.3. The Balaban J connectivity index is 1.55. The number of halogens is 2. The first-order valence-corrected chi connectivity index (χ1v) is 9.10. The van der Waals surface area contributed by atoms with E-state index in [9.17, 15) is 4.79 Å². The Morgan fingerprint density at radius 2 is 1.93 bits per heavy atom. The molecule has 1 aromatic heterocycles. The summed E-state index contributed by atoms with van der Waals surface area (Å²) in [5, 5.41) is 7.56. The summed E-state index contributed by atoms with van der Waals surface area (Å²) in [5.41, 5.74) is 1.39. The average Bonchev–Trinajstić information content (AvgIpc) is 3.13. The molecule has 0 bridgehead atoms. The fourth-order valence-electron chi connectivity index (χ4n) is 2.48. The van der Waals surface area contributed by atoms with Crippen molar-refractivity contribution in [1.29, 1.82) is 0 Å². The van der Waals surface area contributed by atoms with Crippen molar-refractivity contribution in [2.45, 2.75) is 6.54 Å². The van der Waals surface area contributed by atoms with Crippen LogP contribution in [0.4, 0.5) is 5.69 Å². The highest BCUT2D eigenvalue weighted by Gasteiger charge is 2.14. The molecule has 1 N–H and O–H groups in total. The molecule has 9 heteroatoms. The van der Waals surface area contributed by atoms with Gasteiger partial charge in [0.15, 0.2) is 0 Å². The Bertz CT molecular complexity index is 960. The minimum Gasteiger partial charge on any atom is -0.497 e. The summed E-state index contributed by atoms with van der Waals surface area (Å²) in [6.07, 6.45) is 0. The van der Waals surface area contributed by atoms with Crippen LogP contribution in [0.25, 0.3) is 11.4 Å². The molecule has 28 heavy (non-hydrogen) atoms. The van der Waals surface area contributed by atoms with E-state index in [1.165, 1.54) is 0 Å². The quantitative estimate of drug-likeness (QED) is 0.618. The number of aromatic nitrogens is 2. The van der Waals surface area contributed by atoms with Crippen LogP contribution in [-0.2, 0) is 11.3 Å². The number of hydrogen-bond acceptors (Lipinski definition) is 6. The molecule has 0 aliphatic heterocycles. The molecule has 146 valence electrons. The molecule has 0 fully saturated rings. The maximum Gasteiger partial charge on any atom is 0.241 e. The van der Waals surface area contributed by atoms with Gasteiger partial charge in [-0.25, -0.2) is 0 Å². The standard InChI is InChI=1S/C19H18Cl2N4O3/c1-25(10-17(26)22-13-5-8-15(20)16(21)9-13)11-18-23-19(24-28-18)12-3-6-14(27-2)7-4-12/h3-9H,10-11H2,1-2H3,(H,22,26). The van der Waals surface area contributed by atoms with E-state index in [0.717, 1.165) is 11.3 Å². The van der Waals surface area contributed by atoms with Crippen molar-refractivity contribution in [2.24, 2.45) is 0 Å². The van der Waals surface area contributed by atoms with Crippen molar-refractivity contribution in [1.82, 2.24) is 15.0 Å². The molecule has 3 rings (SSSR count). The predicted octanol–water partition coefficient (Wildman–Crippen LogP) is 4.12. The molecule has 0 atom stereocenters. The molecule has 1 heterocycles. The third-order valence-electron chi connectivity index (χ3n) is 3.84. The molecule has 3 aromatic rings. The van der Waals surface area contributed by atoms with E-state index in [0.29, 0.717) is 34.0 Å². The van der Waals surface area contributed by atoms with Crippen molar-refractivity contribution in [3.63, 3.8) is 0 Å². The summed E-state index contributed by atoms with van der Waals surface area (Å²) in [5.74, 6) is 1.44. The van der Waals surface area contributed by atoms with Crippen LogP contribution in [0.2, 0.25) is 10.0 Å². The second kappa shape index (κ2) is 9.05. The van der Waals surface area contributed by atoms with Crippen molar-refractivity contribution in [2.75, 3.05) is 26.0 Å². The zero-order valence-corrected chi connectivity index (χ0v) is 16.8. The van der Waals surface area contributed by atoms with E-state index < -0.39 is 0 Å². The van der Waals surface area contributed by atoms with E-state index in [1.807, 2.05) is 24.3 Å². The van der Waals surface area contributed by atoms with Crippen LogP contribution in [0.3, 0.4) is 0 Å². The van der Waals surface area contributed by atoms with Crippen LogP contribution >= 0.6 is 23.2 Å². The van der Waals surface area contributed by atoms with Crippen molar-refractivity contribution in [3.8, 4) is 17.1 Å². The lowest BCUT2D eigenvalue weighted by molar-refractivity contribution is -0.117. The lowest BCUT2D eigenvalue weighted by atomic mass is 10.2. The van der Waals surface area contributed by atoms with E-state index in [1.54, 1.807) is 37.3 Å². The molecule has 0 aliphatic carbocycles. The van der Waals surface area contributed by atoms with Crippen LogP contribution in [0.15, 0.2) is 47.0 Å². The van der Waals surface area contributed by atoms with E-state index >= 15 is 0 Å². The van der Waals surface area contributed by atoms with Gasteiger partial charge in [-0.15, -0.1) is 0 Å². The fourth-order valence-corrected chi connectivity index (χ4v) is 2.78. The molecule has 1 amide bonds. The van der Waals surface area contributed by atoms with E-state index in [-0.39, 0.29) is 12.5 Å². The maximum absolute atomic E-state index is 12.2. The molecule has 0 saturated heterocycles. The van der Waals surface area contributed by atoms with Gasteiger partial charge in [-0.05, 0) is 49.5 Å². The number of hydrogen-bond donors (Lipinski definition) is 1. The normalized spacial score (nSPS) is 10.9. The number of ether oxygens (including phenoxy) is 1. The van der Waals surface area contributed by atoms with Gasteiger partial charge in [0.2, 0.25) is 17.6 Å². The number of nitrogens with zero attached hydrogens (tertiary/aromatic N) is 3. The number of amides is 1. The molecule has 2 aromatic carbocycles. The second-order valence-corrected chi connectivity index (χ2v) is 6.90. The fraction of sp³-hybridized carbons (Fsp3) is 0.211. The van der Waals surface area contributed by atoms with Gasteiger partial charge in [-0.3, -0.25) is 9.69 Å². The summed E-state index contributed by atoms with van der Waals surface area (Å²) in [6.45, 7) is 0.471. The van der Waals surface area contributed by atoms with Crippen molar-refractivity contribution in [3.05, 3.63) is 58.4 Å². The van der Waals surface area contributed by atoms with Crippen LogP contribution in [0.5, 0.6) is 5.75 Å². The zero-order valence-electron chi connectivity index (χ0n) is 15.3. The Hall–Kier alpha value is -2.61. The number of benzene rings is 2. The van der Waals surface area contributed by atoms with E-state index in [2.05, 4.69) is 15.5 Å². The van der Waals surface area contributed by atoms with Crippen LogP contribution in [0, 0.1) is 0 Å². The van der Waals surface area contributed by atoms with Crippen LogP contribution < -0.4 is 10.1 Å². The number of carbonyl (C=O) groups is 1. The van der Waals surface area contributed by atoms with Gasteiger partial charge in [0.05, 0.1) is 30.2 Å². The minimum absolute atomic E-state index is 0.139. The molecule has 0 saturated carbocycles. The SMILES string of the molecule is COc1ccc(-c2noc(CN(C)CC(=O)Nc3ccc(Cl)c(Cl)c3)n2)cc1. The predicted molar refractivity (Wildman–Crippen MR) is 108 cm³/mol. The Labute approximate surface area is 172 Å². The Morgan fingerprint density at radius 3 is 2.61 bits per heavy atom. The topological polar surface area (TPSA) is 80.5 Å². The largest absolute Gasteiger partial charge is 0.497 e. The summed E-state index contributed by atoms with van der Waals surface area (Å²) in [7, 11) is 3.39. The summed E-state index contributed by atoms with van der Waals surface area (Å²) >= 11 is 11.8. The smallest absolute Gasteiger partial charge is 0.241 e. The number of carbonyl (C=O) groups excluding carboxylic acids is 1. The first-order chi connectivity index (χ1) is 13.4. The number of rotatable bonds is 7. The van der Waals surface area contributed by atoms with Gasteiger partial charge >= 0.3 is 0 Å². The molecule has 0 aliphatic rings. The van der Waals surface area contributed by atoms with Gasteiger partial charge < -0.3 is 14.6 Å². The first-order valence-electron chi connectivity index (χ1n) is 8.35. The van der Waals surface area contributed by atoms with Gasteiger partial charge in [-0.2, -0.15) is 4.98 Å². The monoisotopic (exact) mass is 420 g/mol. The number of likely N-dealkylation sites (N-methyl/N-ethyl adjacent to an activating group) is 1. The van der Waals surface area contributed by atoms with E-state index in [4.69, 9.17) is 32.5 Å². The van der Waals surface area contributed by atoms with Crippen molar-refractivity contribution >= 4 is 34.8 Å². The third kappa shape index (κ3) is 5.22. The highest BCUT2D eigenvalue weighted by molar-refractivity contribution is 6.42. The first kappa shape index (κ1) is 20.1.